The summed E-state index contributed by atoms with van der Waals surface area (Å²) in [6.07, 6.45) is 3.20. The fourth-order valence-electron chi connectivity index (χ4n) is 4.63. The Morgan fingerprint density at radius 2 is 1.85 bits per heavy atom. The molecular weight excluding hydrogens is 531 g/mol. The van der Waals surface area contributed by atoms with Crippen molar-refractivity contribution in [2.24, 2.45) is 5.92 Å². The van der Waals surface area contributed by atoms with Crippen molar-refractivity contribution in [3.05, 3.63) is 60.2 Å². The van der Waals surface area contributed by atoms with E-state index in [9.17, 15) is 29.1 Å². The Hall–Kier alpha value is -4.13. The first kappa shape index (κ1) is 31.4. The number of hydrogen-bond donors (Lipinski definition) is 2. The van der Waals surface area contributed by atoms with E-state index in [1.165, 1.54) is 37.6 Å². The van der Waals surface area contributed by atoms with E-state index < -0.39 is 61.2 Å². The molecule has 0 unspecified atom stereocenters. The molecule has 2 N–H and O–H groups in total. The molecule has 2 amide bonds. The van der Waals surface area contributed by atoms with Crippen molar-refractivity contribution in [2.75, 3.05) is 14.1 Å². The topological polar surface area (TPSA) is 165 Å². The smallest absolute Gasteiger partial charge is 0.509 e. The predicted molar refractivity (Wildman–Crippen MR) is 147 cm³/mol. The van der Waals surface area contributed by atoms with Crippen LogP contribution in [0.1, 0.15) is 55.6 Å². The van der Waals surface area contributed by atoms with Crippen molar-refractivity contribution in [3.8, 4) is 0 Å². The van der Waals surface area contributed by atoms with Gasteiger partial charge in [-0.3, -0.25) is 24.2 Å². The van der Waals surface area contributed by atoms with Crippen LogP contribution in [-0.4, -0.2) is 82.4 Å². The Labute approximate surface area is 239 Å². The number of ketones is 1. The van der Waals surface area contributed by atoms with Gasteiger partial charge in [-0.25, -0.2) is 9.78 Å². The van der Waals surface area contributed by atoms with Crippen molar-refractivity contribution in [1.82, 2.24) is 20.2 Å². The largest absolute Gasteiger partial charge is 0.531 e. The van der Waals surface area contributed by atoms with Gasteiger partial charge in [0, 0.05) is 38.7 Å². The van der Waals surface area contributed by atoms with E-state index in [1.807, 2.05) is 44.2 Å². The first-order valence-corrected chi connectivity index (χ1v) is 13.3. The highest BCUT2D eigenvalue weighted by Crippen LogP contribution is 2.36. The van der Waals surface area contributed by atoms with Crippen LogP contribution in [0.5, 0.6) is 0 Å². The van der Waals surface area contributed by atoms with Crippen LogP contribution in [0.2, 0.25) is 5.82 Å². The standard InChI is InChI=1S/C28H35BN4O8/c1-18(2)12-20(29-40-25(36)16-28(41-29,27(38)39)15-24(35)33(3)4)14-23(34)21(13-19-8-6-5-7-9-19)32-26(37)22-17-30-10-11-31-22/h5-11,17-18,20-21H,12-16H2,1-4H3,(H,32,37)(H,38,39)/t20-,21+,28+/m1/s1. The maximum Gasteiger partial charge on any atom is 0.531 e. The maximum atomic E-state index is 13.8. The van der Waals surface area contributed by atoms with Crippen molar-refractivity contribution in [3.63, 3.8) is 0 Å². The minimum absolute atomic E-state index is 0.0152. The Bertz CT molecular complexity index is 1240. The fraction of sp³-hybridized carbons (Fsp3) is 0.464. The van der Waals surface area contributed by atoms with E-state index in [2.05, 4.69) is 15.3 Å². The number of amides is 2. The van der Waals surface area contributed by atoms with Crippen LogP contribution in [0.3, 0.4) is 0 Å². The van der Waals surface area contributed by atoms with Gasteiger partial charge in [-0.2, -0.15) is 0 Å². The maximum absolute atomic E-state index is 13.8. The molecule has 218 valence electrons. The second-order valence-corrected chi connectivity index (χ2v) is 10.8. The van der Waals surface area contributed by atoms with Gasteiger partial charge < -0.3 is 24.6 Å². The first-order chi connectivity index (χ1) is 19.4. The third-order valence-electron chi connectivity index (χ3n) is 6.74. The summed E-state index contributed by atoms with van der Waals surface area (Å²) in [5, 5.41) is 12.8. The lowest BCUT2D eigenvalue weighted by molar-refractivity contribution is -0.173. The van der Waals surface area contributed by atoms with Gasteiger partial charge in [-0.1, -0.05) is 44.2 Å². The summed E-state index contributed by atoms with van der Waals surface area (Å²) >= 11 is 0. The van der Waals surface area contributed by atoms with Gasteiger partial charge in [0.05, 0.1) is 25.1 Å². The van der Waals surface area contributed by atoms with Crippen LogP contribution in [0.25, 0.3) is 0 Å². The van der Waals surface area contributed by atoms with Gasteiger partial charge in [-0.05, 0) is 24.3 Å². The van der Waals surface area contributed by atoms with Crippen LogP contribution in [-0.2, 0) is 34.9 Å². The molecule has 13 heteroatoms. The number of carbonyl (C=O) groups is 5. The zero-order chi connectivity index (χ0) is 30.2. The number of carboxylic acid groups (broad SMARTS) is 1. The molecule has 0 aliphatic carbocycles. The van der Waals surface area contributed by atoms with Crippen molar-refractivity contribution >= 4 is 36.7 Å². The summed E-state index contributed by atoms with van der Waals surface area (Å²) in [6.45, 7) is 3.80. The van der Waals surface area contributed by atoms with Crippen molar-refractivity contribution in [2.45, 2.75) is 63.4 Å². The number of nitrogens with zero attached hydrogens (tertiary/aromatic N) is 3. The highest BCUT2D eigenvalue weighted by molar-refractivity contribution is 6.50. The fourth-order valence-corrected chi connectivity index (χ4v) is 4.63. The van der Waals surface area contributed by atoms with Gasteiger partial charge in [0.15, 0.2) is 11.4 Å². The minimum atomic E-state index is -2.14. The molecule has 1 aliphatic heterocycles. The SMILES string of the molecule is CC(C)C[C@H](CC(=O)[C@H](Cc1ccccc1)NC(=O)c1cnccn1)B1OC(=O)C[C@@](CC(=O)N(C)C)(C(=O)O)O1. The Morgan fingerprint density at radius 1 is 1.15 bits per heavy atom. The average molecular weight is 566 g/mol. The van der Waals surface area contributed by atoms with Crippen LogP contribution >= 0.6 is 0 Å². The highest BCUT2D eigenvalue weighted by atomic mass is 16.6. The number of hydrogen-bond acceptors (Lipinski definition) is 9. The van der Waals surface area contributed by atoms with Crippen molar-refractivity contribution < 1.29 is 38.4 Å². The number of Topliss-reactive ketones (excluding diaryl/α,β-unsaturated/α-hetero) is 1. The van der Waals surface area contributed by atoms with E-state index in [-0.39, 0.29) is 30.2 Å². The van der Waals surface area contributed by atoms with Gasteiger partial charge in [-0.15, -0.1) is 0 Å². The lowest BCUT2D eigenvalue weighted by Crippen LogP contribution is -2.57. The van der Waals surface area contributed by atoms with E-state index in [0.717, 1.165) is 5.56 Å². The number of nitrogens with one attached hydrogen (secondary N) is 1. The zero-order valence-corrected chi connectivity index (χ0v) is 23.6. The molecule has 0 spiro atoms. The van der Waals surface area contributed by atoms with Crippen LogP contribution < -0.4 is 5.32 Å². The second kappa shape index (κ2) is 14.0. The summed E-state index contributed by atoms with van der Waals surface area (Å²) in [7, 11) is 1.56. The molecule has 1 aromatic heterocycles. The van der Waals surface area contributed by atoms with Gasteiger partial charge in [0.25, 0.3) is 11.9 Å². The summed E-state index contributed by atoms with van der Waals surface area (Å²) in [4.78, 5) is 73.3. The lowest BCUT2D eigenvalue weighted by atomic mass is 9.63. The molecule has 0 radical (unpaired) electrons. The quantitative estimate of drug-likeness (QED) is 0.342. The number of aliphatic carboxylic acids is 1. The Morgan fingerprint density at radius 3 is 2.44 bits per heavy atom. The van der Waals surface area contributed by atoms with Crippen LogP contribution in [0.4, 0.5) is 0 Å². The van der Waals surface area contributed by atoms with E-state index in [4.69, 9.17) is 9.31 Å². The highest BCUT2D eigenvalue weighted by Gasteiger charge is 2.54. The molecule has 1 saturated heterocycles. The third kappa shape index (κ3) is 8.68. The Kier molecular flexibility index (Phi) is 10.7. The molecule has 41 heavy (non-hydrogen) atoms. The molecule has 2 heterocycles. The van der Waals surface area contributed by atoms with E-state index in [0.29, 0.717) is 6.42 Å². The molecular formula is C28H35BN4O8. The monoisotopic (exact) mass is 566 g/mol. The number of carbonyl (C=O) groups excluding carboxylic acids is 4. The van der Waals surface area contributed by atoms with Crippen LogP contribution in [0.15, 0.2) is 48.9 Å². The molecule has 1 aliphatic rings. The summed E-state index contributed by atoms with van der Waals surface area (Å²) in [5.41, 5.74) is -1.29. The van der Waals surface area contributed by atoms with E-state index >= 15 is 0 Å². The molecule has 0 bridgehead atoms. The summed E-state index contributed by atoms with van der Waals surface area (Å²) in [5.74, 6) is -4.53. The third-order valence-corrected chi connectivity index (χ3v) is 6.74. The molecule has 12 nitrogen and oxygen atoms in total. The number of aromatic nitrogens is 2. The lowest BCUT2D eigenvalue weighted by Gasteiger charge is -2.38. The summed E-state index contributed by atoms with van der Waals surface area (Å²) < 4.78 is 11.3. The number of rotatable bonds is 13. The first-order valence-electron chi connectivity index (χ1n) is 13.3. The summed E-state index contributed by atoms with van der Waals surface area (Å²) in [6, 6.07) is 8.16. The Balaban J connectivity index is 1.88. The molecule has 0 saturated carbocycles. The van der Waals surface area contributed by atoms with Gasteiger partial charge >= 0.3 is 13.1 Å². The molecule has 3 atom stereocenters. The number of benzene rings is 1. The second-order valence-electron chi connectivity index (χ2n) is 10.8. The predicted octanol–water partition coefficient (Wildman–Crippen LogP) is 1.95. The van der Waals surface area contributed by atoms with Crippen LogP contribution in [0, 0.1) is 5.92 Å². The average Bonchev–Trinajstić information content (AvgIpc) is 2.92. The van der Waals surface area contributed by atoms with E-state index in [1.54, 1.807) is 0 Å². The normalized spacial score (nSPS) is 18.3. The molecule has 3 rings (SSSR count). The molecule has 1 aromatic carbocycles. The van der Waals surface area contributed by atoms with Crippen molar-refractivity contribution in [1.29, 1.82) is 0 Å². The molecule has 2 aromatic rings. The van der Waals surface area contributed by atoms with Gasteiger partial charge in [0.1, 0.15) is 5.69 Å². The van der Waals surface area contributed by atoms with Gasteiger partial charge in [0.2, 0.25) is 5.91 Å². The molecule has 1 fully saturated rings. The number of carboxylic acids is 1. The minimum Gasteiger partial charge on any atom is -0.509 e. The zero-order valence-electron chi connectivity index (χ0n) is 23.6.